The molecule has 0 saturated heterocycles. The number of hydrogen-bond acceptors (Lipinski definition) is 7. The normalized spacial score (nSPS) is 13.6. The molecule has 0 aromatic heterocycles. The molecule has 0 bridgehead atoms. The second kappa shape index (κ2) is 11.1. The Morgan fingerprint density at radius 1 is 0.921 bits per heavy atom. The van der Waals surface area contributed by atoms with Crippen molar-refractivity contribution in [2.75, 3.05) is 22.1 Å². The maximum absolute atomic E-state index is 13.0. The third-order valence-electron chi connectivity index (χ3n) is 5.49. The Morgan fingerprint density at radius 2 is 1.53 bits per heavy atom. The molecule has 38 heavy (non-hydrogen) atoms. The molecule has 3 aromatic rings. The van der Waals surface area contributed by atoms with Crippen LogP contribution in [0.5, 0.6) is 5.75 Å². The summed E-state index contributed by atoms with van der Waals surface area (Å²) >= 11 is 6.20. The van der Waals surface area contributed by atoms with Crippen molar-refractivity contribution < 1.29 is 27.5 Å². The lowest BCUT2D eigenvalue weighted by molar-refractivity contribution is -0.120. The molecule has 4 rings (SSSR count). The van der Waals surface area contributed by atoms with E-state index in [1.165, 1.54) is 24.3 Å². The molecule has 0 aliphatic carbocycles. The second-order valence-corrected chi connectivity index (χ2v) is 10.1. The third-order valence-corrected chi connectivity index (χ3v) is 6.77. The minimum Gasteiger partial charge on any atom is -0.494 e. The van der Waals surface area contributed by atoms with Gasteiger partial charge in [-0.15, -0.1) is 0 Å². The molecule has 3 amide bonds. The van der Waals surface area contributed by atoms with Gasteiger partial charge < -0.3 is 15.4 Å². The van der Waals surface area contributed by atoms with Crippen molar-refractivity contribution in [2.24, 2.45) is 5.14 Å². The number of rotatable bonds is 9. The van der Waals surface area contributed by atoms with E-state index in [-0.39, 0.29) is 28.0 Å². The average molecular weight is 555 g/mol. The molecule has 0 fully saturated rings. The van der Waals surface area contributed by atoms with Gasteiger partial charge in [-0.25, -0.2) is 18.5 Å². The standard InChI is InChI=1S/C26H23ClN4O6S/c1-2-37-20-11-9-19(10-12-20)31-25(33)23(27)24(26(31)34)30-18-5-3-16(4-6-18)15-22(32)29-17-7-13-21(14-8-17)38(28,35)36/h3-14,30H,2,15H2,1H3,(H,29,32)(H2,28,35,36). The van der Waals surface area contributed by atoms with Gasteiger partial charge in [-0.3, -0.25) is 14.4 Å². The number of imide groups is 1. The number of nitrogens with zero attached hydrogens (tertiary/aromatic N) is 1. The van der Waals surface area contributed by atoms with Gasteiger partial charge in [0.05, 0.1) is 23.6 Å². The van der Waals surface area contributed by atoms with Crippen LogP contribution in [0.4, 0.5) is 17.1 Å². The largest absolute Gasteiger partial charge is 0.494 e. The minimum atomic E-state index is -3.82. The Labute approximate surface area is 224 Å². The van der Waals surface area contributed by atoms with Crippen LogP contribution < -0.4 is 25.4 Å². The number of primary sulfonamides is 1. The second-order valence-electron chi connectivity index (χ2n) is 8.18. The zero-order valence-corrected chi connectivity index (χ0v) is 21.7. The molecule has 196 valence electrons. The Morgan fingerprint density at radius 3 is 2.11 bits per heavy atom. The highest BCUT2D eigenvalue weighted by molar-refractivity contribution is 7.89. The highest BCUT2D eigenvalue weighted by Gasteiger charge is 2.39. The molecular weight excluding hydrogens is 532 g/mol. The molecule has 0 spiro atoms. The van der Waals surface area contributed by atoms with Crippen molar-refractivity contribution in [1.29, 1.82) is 0 Å². The summed E-state index contributed by atoms with van der Waals surface area (Å²) in [5.74, 6) is -0.946. The van der Waals surface area contributed by atoms with Crippen molar-refractivity contribution in [1.82, 2.24) is 0 Å². The fourth-order valence-corrected chi connectivity index (χ4v) is 4.40. The summed E-state index contributed by atoms with van der Waals surface area (Å²) in [7, 11) is -3.82. The van der Waals surface area contributed by atoms with Crippen LogP contribution in [-0.2, 0) is 30.8 Å². The number of amides is 3. The molecule has 0 unspecified atom stereocenters. The van der Waals surface area contributed by atoms with Crippen molar-refractivity contribution >= 4 is 56.4 Å². The summed E-state index contributed by atoms with van der Waals surface area (Å²) in [6.07, 6.45) is 0.0452. The number of hydrogen-bond donors (Lipinski definition) is 3. The number of anilines is 3. The first-order valence-corrected chi connectivity index (χ1v) is 13.3. The van der Waals surface area contributed by atoms with Crippen LogP contribution in [0.2, 0.25) is 0 Å². The lowest BCUT2D eigenvalue weighted by atomic mass is 10.1. The van der Waals surface area contributed by atoms with Crippen molar-refractivity contribution in [3.63, 3.8) is 0 Å². The first kappa shape index (κ1) is 26.9. The van der Waals surface area contributed by atoms with Crippen molar-refractivity contribution in [3.05, 3.63) is 89.1 Å². The van der Waals surface area contributed by atoms with Crippen LogP contribution >= 0.6 is 11.6 Å². The van der Waals surface area contributed by atoms with Crippen molar-refractivity contribution in [2.45, 2.75) is 18.2 Å². The van der Waals surface area contributed by atoms with E-state index in [9.17, 15) is 22.8 Å². The van der Waals surface area contributed by atoms with Crippen LogP contribution in [0.15, 0.2) is 88.4 Å². The molecule has 0 atom stereocenters. The Kier molecular flexibility index (Phi) is 7.81. The number of nitrogens with two attached hydrogens (primary N) is 1. The van der Waals surface area contributed by atoms with Gasteiger partial charge in [-0.05, 0) is 73.2 Å². The molecular formula is C26H23ClN4O6S. The Bertz CT molecular complexity index is 1520. The molecule has 12 heteroatoms. The molecule has 1 aliphatic heterocycles. The van der Waals surface area contributed by atoms with Gasteiger partial charge in [0.25, 0.3) is 11.8 Å². The van der Waals surface area contributed by atoms with Crippen LogP contribution in [0.1, 0.15) is 12.5 Å². The average Bonchev–Trinajstić information content (AvgIpc) is 3.08. The van der Waals surface area contributed by atoms with Crippen LogP contribution in [0.3, 0.4) is 0 Å². The van der Waals surface area contributed by atoms with E-state index in [0.717, 1.165) is 4.90 Å². The van der Waals surface area contributed by atoms with E-state index < -0.39 is 21.8 Å². The van der Waals surface area contributed by atoms with Crippen LogP contribution in [0.25, 0.3) is 0 Å². The van der Waals surface area contributed by atoms with E-state index in [1.54, 1.807) is 48.5 Å². The number of carbonyl (C=O) groups excluding carboxylic acids is 3. The van der Waals surface area contributed by atoms with E-state index in [4.69, 9.17) is 21.5 Å². The van der Waals surface area contributed by atoms with Gasteiger partial charge in [-0.2, -0.15) is 0 Å². The highest BCUT2D eigenvalue weighted by atomic mass is 35.5. The molecule has 1 aliphatic rings. The molecule has 4 N–H and O–H groups in total. The van der Waals surface area contributed by atoms with Gasteiger partial charge in [0.2, 0.25) is 15.9 Å². The monoisotopic (exact) mass is 554 g/mol. The maximum atomic E-state index is 13.0. The smallest absolute Gasteiger partial charge is 0.283 e. The minimum absolute atomic E-state index is 0.0452. The topological polar surface area (TPSA) is 148 Å². The first-order valence-electron chi connectivity index (χ1n) is 11.4. The predicted octanol–water partition coefficient (Wildman–Crippen LogP) is 3.35. The fraction of sp³-hybridized carbons (Fsp3) is 0.115. The highest BCUT2D eigenvalue weighted by Crippen LogP contribution is 2.31. The number of halogens is 1. The molecule has 1 heterocycles. The van der Waals surface area contributed by atoms with E-state index in [1.807, 2.05) is 6.92 Å². The van der Waals surface area contributed by atoms with Gasteiger partial charge in [0.15, 0.2) is 0 Å². The fourth-order valence-electron chi connectivity index (χ4n) is 3.67. The van der Waals surface area contributed by atoms with Gasteiger partial charge >= 0.3 is 0 Å². The quantitative estimate of drug-likeness (QED) is 0.343. The van der Waals surface area contributed by atoms with Crippen LogP contribution in [-0.4, -0.2) is 32.7 Å². The number of benzene rings is 3. The maximum Gasteiger partial charge on any atom is 0.283 e. The summed E-state index contributed by atoms with van der Waals surface area (Å²) in [6, 6.07) is 18.7. The number of nitrogens with one attached hydrogen (secondary N) is 2. The van der Waals surface area contributed by atoms with E-state index >= 15 is 0 Å². The zero-order chi connectivity index (χ0) is 27.4. The van der Waals surface area contributed by atoms with E-state index in [2.05, 4.69) is 10.6 Å². The number of sulfonamides is 1. The number of carbonyl (C=O) groups is 3. The molecule has 0 radical (unpaired) electrons. The Balaban J connectivity index is 1.38. The van der Waals surface area contributed by atoms with Gasteiger partial charge in [-0.1, -0.05) is 23.7 Å². The summed E-state index contributed by atoms with van der Waals surface area (Å²) in [6.45, 7) is 2.34. The zero-order valence-electron chi connectivity index (χ0n) is 20.1. The first-order chi connectivity index (χ1) is 18.1. The van der Waals surface area contributed by atoms with Crippen LogP contribution in [0, 0.1) is 0 Å². The summed E-state index contributed by atoms with van der Waals surface area (Å²) in [5.41, 5.74) is 1.90. The van der Waals surface area contributed by atoms with Crippen molar-refractivity contribution in [3.8, 4) is 5.75 Å². The lowest BCUT2D eigenvalue weighted by Gasteiger charge is -2.15. The van der Waals surface area contributed by atoms with Gasteiger partial charge in [0.1, 0.15) is 16.5 Å². The van der Waals surface area contributed by atoms with Gasteiger partial charge in [0, 0.05) is 11.4 Å². The Hall–Kier alpha value is -4.19. The summed E-state index contributed by atoms with van der Waals surface area (Å²) in [4.78, 5) is 39.0. The summed E-state index contributed by atoms with van der Waals surface area (Å²) in [5, 5.41) is 10.4. The number of ether oxygens (including phenoxy) is 1. The third kappa shape index (κ3) is 6.02. The lowest BCUT2D eigenvalue weighted by Crippen LogP contribution is -2.32. The molecule has 10 nitrogen and oxygen atoms in total. The molecule has 3 aromatic carbocycles. The SMILES string of the molecule is CCOc1ccc(N2C(=O)C(Cl)=C(Nc3ccc(CC(=O)Nc4ccc(S(N)(=O)=O)cc4)cc3)C2=O)cc1. The predicted molar refractivity (Wildman–Crippen MR) is 143 cm³/mol. The summed E-state index contributed by atoms with van der Waals surface area (Å²) < 4.78 is 28.1. The van der Waals surface area contributed by atoms with E-state index in [0.29, 0.717) is 35.0 Å². The molecule has 0 saturated carbocycles.